The lowest BCUT2D eigenvalue weighted by molar-refractivity contribution is -0.139. The van der Waals surface area contributed by atoms with Crippen molar-refractivity contribution in [1.82, 2.24) is 10.3 Å². The Labute approximate surface area is 264 Å². The molecule has 1 atom stereocenters. The number of carboxylic acids is 1. The number of carbonyl (C=O) groups is 3. The Morgan fingerprint density at radius 3 is 2.32 bits per heavy atom. The van der Waals surface area contributed by atoms with Gasteiger partial charge < -0.3 is 10.4 Å². The van der Waals surface area contributed by atoms with E-state index in [-0.39, 0.29) is 11.3 Å². The third kappa shape index (κ3) is 6.21. The largest absolute Gasteiger partial charge is 0.480 e. The van der Waals surface area contributed by atoms with E-state index in [1.54, 1.807) is 18.0 Å². The normalized spacial score (nSPS) is 24.2. The minimum absolute atomic E-state index is 0.193. The number of Topliss-reactive ketones (excluding diaryl/α,β-unsaturated/α-hetero) is 1. The summed E-state index contributed by atoms with van der Waals surface area (Å²) in [7, 11) is 0. The molecule has 4 fully saturated rings. The van der Waals surface area contributed by atoms with Gasteiger partial charge in [-0.05, 0) is 134 Å². The van der Waals surface area contributed by atoms with Gasteiger partial charge >= 0.3 is 5.97 Å². The van der Waals surface area contributed by atoms with Gasteiger partial charge in [0, 0.05) is 28.9 Å². The summed E-state index contributed by atoms with van der Waals surface area (Å²) in [6.45, 7) is 2.01. The monoisotopic (exact) mass is 610 g/mol. The summed E-state index contributed by atoms with van der Waals surface area (Å²) in [6, 6.07) is 14.7. The third-order valence-corrected chi connectivity index (χ3v) is 11.0. The van der Waals surface area contributed by atoms with Crippen LogP contribution >= 0.6 is 11.8 Å². The predicted octanol–water partition coefficient (Wildman–Crippen LogP) is 7.18. The Bertz CT molecular complexity index is 1530. The topological polar surface area (TPSA) is 96.4 Å². The molecule has 2 N–H and O–H groups in total. The van der Waals surface area contributed by atoms with Gasteiger partial charge in [-0.25, -0.2) is 4.79 Å². The summed E-state index contributed by atoms with van der Waals surface area (Å²) in [4.78, 5) is 44.0. The Kier molecular flexibility index (Phi) is 8.95. The highest BCUT2D eigenvalue weighted by molar-refractivity contribution is 7.98. The standard InChI is InChI=1S/C37H42N2O4S/c1-23-5-3-4-6-29(23)32-18-24(8-10-31(32)35(41)39-33(36(42)43)12-14-44-2)7-9-28-22-38-13-11-30(28)34(40)37-19-25-15-26(20-37)17-27(16-25)21-37/h3-6,8,10-11,13,18,22,25-27,33H,7,9,12,14-17,19-21H2,1-2H3,(H,39,41)(H,42,43)/t25?,26?,27?,33-,37?/m0/s1. The van der Waals surface area contributed by atoms with Gasteiger partial charge in [0.1, 0.15) is 6.04 Å². The van der Waals surface area contributed by atoms with E-state index in [1.165, 1.54) is 19.3 Å². The van der Waals surface area contributed by atoms with Crippen LogP contribution in [0.5, 0.6) is 0 Å². The number of ketones is 1. The first kappa shape index (κ1) is 30.6. The fourth-order valence-corrected chi connectivity index (χ4v) is 9.04. The number of pyridine rings is 1. The Morgan fingerprint density at radius 2 is 1.66 bits per heavy atom. The number of aryl methyl sites for hydroxylation is 3. The van der Waals surface area contributed by atoms with E-state index in [0.29, 0.717) is 54.1 Å². The molecular formula is C37H42N2O4S. The third-order valence-electron chi connectivity index (χ3n) is 10.3. The molecule has 1 aromatic heterocycles. The van der Waals surface area contributed by atoms with Crippen LogP contribution in [-0.4, -0.2) is 45.8 Å². The number of rotatable bonds is 12. The molecule has 7 rings (SSSR count). The van der Waals surface area contributed by atoms with Crippen LogP contribution in [0.15, 0.2) is 60.9 Å². The molecule has 7 heteroatoms. The molecule has 230 valence electrons. The smallest absolute Gasteiger partial charge is 0.326 e. The molecule has 4 bridgehead atoms. The fraction of sp³-hybridized carbons (Fsp3) is 0.459. The molecular weight excluding hydrogens is 568 g/mol. The highest BCUT2D eigenvalue weighted by Crippen LogP contribution is 2.61. The second kappa shape index (κ2) is 12.9. The van der Waals surface area contributed by atoms with Gasteiger partial charge in [0.05, 0.1) is 0 Å². The number of hydrogen-bond donors (Lipinski definition) is 2. The van der Waals surface area contributed by atoms with E-state index in [1.807, 2.05) is 67.9 Å². The first-order chi connectivity index (χ1) is 21.3. The number of benzene rings is 2. The van der Waals surface area contributed by atoms with Crippen molar-refractivity contribution in [2.75, 3.05) is 12.0 Å². The summed E-state index contributed by atoms with van der Waals surface area (Å²) in [5.74, 6) is 1.68. The van der Waals surface area contributed by atoms with E-state index in [9.17, 15) is 19.5 Å². The van der Waals surface area contributed by atoms with Crippen molar-refractivity contribution in [1.29, 1.82) is 0 Å². The zero-order chi connectivity index (χ0) is 30.8. The summed E-state index contributed by atoms with van der Waals surface area (Å²) in [5.41, 5.74) is 5.89. The van der Waals surface area contributed by atoms with Crippen molar-refractivity contribution >= 4 is 29.4 Å². The van der Waals surface area contributed by atoms with Gasteiger partial charge in [-0.1, -0.05) is 36.4 Å². The first-order valence-corrected chi connectivity index (χ1v) is 17.3. The van der Waals surface area contributed by atoms with Crippen molar-refractivity contribution in [2.45, 2.75) is 70.8 Å². The van der Waals surface area contributed by atoms with Gasteiger partial charge in [-0.2, -0.15) is 11.8 Å². The maximum atomic E-state index is 14.2. The number of aliphatic carboxylic acids is 1. The van der Waals surface area contributed by atoms with Gasteiger partial charge in [0.2, 0.25) is 0 Å². The molecule has 6 nitrogen and oxygen atoms in total. The Morgan fingerprint density at radius 1 is 0.955 bits per heavy atom. The molecule has 0 saturated heterocycles. The van der Waals surface area contributed by atoms with Gasteiger partial charge in [-0.15, -0.1) is 0 Å². The van der Waals surface area contributed by atoms with Crippen molar-refractivity contribution in [2.24, 2.45) is 23.2 Å². The number of nitrogens with one attached hydrogen (secondary N) is 1. The van der Waals surface area contributed by atoms with Crippen molar-refractivity contribution in [3.05, 3.63) is 88.7 Å². The fourth-order valence-electron chi connectivity index (χ4n) is 8.57. The second-order valence-electron chi connectivity index (χ2n) is 13.4. The van der Waals surface area contributed by atoms with Crippen LogP contribution in [-0.2, 0) is 17.6 Å². The zero-order valence-corrected chi connectivity index (χ0v) is 26.5. The molecule has 2 aromatic carbocycles. The average Bonchev–Trinajstić information content (AvgIpc) is 3.01. The summed E-state index contributed by atoms with van der Waals surface area (Å²) < 4.78 is 0. The number of carboxylic acid groups (broad SMARTS) is 1. The van der Waals surface area contributed by atoms with E-state index in [2.05, 4.69) is 10.3 Å². The number of aromatic nitrogens is 1. The molecule has 4 aliphatic rings. The minimum Gasteiger partial charge on any atom is -0.480 e. The number of carbonyl (C=O) groups excluding carboxylic acids is 2. The van der Waals surface area contributed by atoms with E-state index in [4.69, 9.17) is 0 Å². The summed E-state index contributed by atoms with van der Waals surface area (Å²) in [5, 5.41) is 12.5. The molecule has 3 aromatic rings. The highest BCUT2D eigenvalue weighted by atomic mass is 32.2. The number of amides is 1. The van der Waals surface area contributed by atoms with E-state index in [0.717, 1.165) is 52.6 Å². The molecule has 4 aliphatic carbocycles. The van der Waals surface area contributed by atoms with Gasteiger partial charge in [0.25, 0.3) is 5.91 Å². The van der Waals surface area contributed by atoms with E-state index < -0.39 is 12.0 Å². The molecule has 4 saturated carbocycles. The zero-order valence-electron chi connectivity index (χ0n) is 25.7. The maximum absolute atomic E-state index is 14.2. The van der Waals surface area contributed by atoms with Crippen LogP contribution in [0, 0.1) is 30.1 Å². The lowest BCUT2D eigenvalue weighted by Gasteiger charge is -2.56. The number of thioether (sulfide) groups is 1. The minimum atomic E-state index is -1.03. The highest BCUT2D eigenvalue weighted by Gasteiger charge is 2.54. The lowest BCUT2D eigenvalue weighted by atomic mass is 9.48. The number of hydrogen-bond acceptors (Lipinski definition) is 5. The maximum Gasteiger partial charge on any atom is 0.326 e. The SMILES string of the molecule is CSCC[C@H](NC(=O)c1ccc(CCc2cnccc2C(=O)C23CC4CC(CC(C4)C2)C3)cc1-c1ccccc1C)C(=O)O. The predicted molar refractivity (Wildman–Crippen MR) is 175 cm³/mol. The molecule has 1 amide bonds. The van der Waals surface area contributed by atoms with Crippen molar-refractivity contribution in [3.8, 4) is 11.1 Å². The molecule has 0 radical (unpaired) electrons. The van der Waals surface area contributed by atoms with Crippen molar-refractivity contribution < 1.29 is 19.5 Å². The Balaban J connectivity index is 1.25. The van der Waals surface area contributed by atoms with Crippen LogP contribution in [0.4, 0.5) is 0 Å². The van der Waals surface area contributed by atoms with Crippen molar-refractivity contribution in [3.63, 3.8) is 0 Å². The van der Waals surface area contributed by atoms with E-state index >= 15 is 0 Å². The molecule has 44 heavy (non-hydrogen) atoms. The molecule has 0 aliphatic heterocycles. The number of nitrogens with zero attached hydrogens (tertiary/aromatic N) is 1. The van der Waals surface area contributed by atoms with Crippen LogP contribution < -0.4 is 5.32 Å². The Hall–Kier alpha value is -3.45. The second-order valence-corrected chi connectivity index (χ2v) is 14.4. The summed E-state index contributed by atoms with van der Waals surface area (Å²) >= 11 is 1.55. The van der Waals surface area contributed by atoms with Gasteiger partial charge in [-0.3, -0.25) is 14.6 Å². The quantitative estimate of drug-likeness (QED) is 0.211. The van der Waals surface area contributed by atoms with Crippen LogP contribution in [0.3, 0.4) is 0 Å². The van der Waals surface area contributed by atoms with Crippen LogP contribution in [0.25, 0.3) is 11.1 Å². The van der Waals surface area contributed by atoms with Gasteiger partial charge in [0.15, 0.2) is 5.78 Å². The molecule has 0 unspecified atom stereocenters. The summed E-state index contributed by atoms with van der Waals surface area (Å²) in [6.07, 6.45) is 14.3. The van der Waals surface area contributed by atoms with Crippen LogP contribution in [0.2, 0.25) is 0 Å². The lowest BCUT2D eigenvalue weighted by Crippen LogP contribution is -2.50. The average molecular weight is 611 g/mol. The van der Waals surface area contributed by atoms with Crippen LogP contribution in [0.1, 0.15) is 82.4 Å². The molecule has 0 spiro atoms. The molecule has 1 heterocycles. The first-order valence-electron chi connectivity index (χ1n) is 16.0.